The quantitative estimate of drug-likeness (QED) is 0.809. The van der Waals surface area contributed by atoms with Crippen LogP contribution in [0.4, 0.5) is 0 Å². The zero-order chi connectivity index (χ0) is 9.84. The van der Waals surface area contributed by atoms with E-state index in [0.29, 0.717) is 5.75 Å². The highest BCUT2D eigenvalue weighted by Gasteiger charge is 2.06. The minimum Gasteiger partial charge on any atom is -0.504 e. The van der Waals surface area contributed by atoms with Crippen molar-refractivity contribution in [1.29, 1.82) is 0 Å². The minimum absolute atomic E-state index is 0.243. The van der Waals surface area contributed by atoms with E-state index in [4.69, 9.17) is 4.74 Å². The zero-order valence-corrected chi connectivity index (χ0v) is 8.94. The molecule has 0 radical (unpaired) electrons. The predicted octanol–water partition coefficient (Wildman–Crippen LogP) is 2.57. The van der Waals surface area contributed by atoms with Crippen LogP contribution in [0.5, 0.6) is 11.5 Å². The number of phenolic OH excluding ortho intramolecular Hbond substituents is 1. The molecular formula is C10H14O2S. The summed E-state index contributed by atoms with van der Waals surface area (Å²) in [6.45, 7) is 1.88. The van der Waals surface area contributed by atoms with Gasteiger partial charge in [-0.2, -0.15) is 11.8 Å². The van der Waals surface area contributed by atoms with Gasteiger partial charge in [-0.05, 0) is 30.4 Å². The van der Waals surface area contributed by atoms with E-state index >= 15 is 0 Å². The number of phenols is 1. The molecule has 2 nitrogen and oxygen atoms in total. The van der Waals surface area contributed by atoms with Crippen molar-refractivity contribution in [3.63, 3.8) is 0 Å². The molecule has 0 heterocycles. The summed E-state index contributed by atoms with van der Waals surface area (Å²) < 4.78 is 5.05. The molecular weight excluding hydrogens is 184 g/mol. The van der Waals surface area contributed by atoms with Crippen LogP contribution in [-0.4, -0.2) is 18.5 Å². The molecule has 0 amide bonds. The average molecular weight is 198 g/mol. The van der Waals surface area contributed by atoms with Gasteiger partial charge >= 0.3 is 0 Å². The van der Waals surface area contributed by atoms with Crippen LogP contribution in [0.3, 0.4) is 0 Å². The van der Waals surface area contributed by atoms with Gasteiger partial charge < -0.3 is 9.84 Å². The first-order valence-electron chi connectivity index (χ1n) is 4.04. The van der Waals surface area contributed by atoms with Crippen LogP contribution in [0.1, 0.15) is 11.1 Å². The van der Waals surface area contributed by atoms with Gasteiger partial charge in [0.2, 0.25) is 0 Å². The van der Waals surface area contributed by atoms with Crippen molar-refractivity contribution in [2.75, 3.05) is 13.4 Å². The Balaban J connectivity index is 3.06. The average Bonchev–Trinajstić information content (AvgIpc) is 2.11. The minimum atomic E-state index is 0.243. The Morgan fingerprint density at radius 2 is 2.15 bits per heavy atom. The Morgan fingerprint density at radius 3 is 2.69 bits per heavy atom. The highest BCUT2D eigenvalue weighted by Crippen LogP contribution is 2.31. The lowest BCUT2D eigenvalue weighted by atomic mass is 10.1. The Hall–Kier alpha value is -0.830. The number of rotatable bonds is 3. The van der Waals surface area contributed by atoms with E-state index in [9.17, 15) is 5.11 Å². The van der Waals surface area contributed by atoms with E-state index in [0.717, 1.165) is 11.3 Å². The Labute approximate surface area is 82.9 Å². The van der Waals surface area contributed by atoms with Crippen LogP contribution in [-0.2, 0) is 5.75 Å². The topological polar surface area (TPSA) is 29.5 Å². The Morgan fingerprint density at radius 1 is 1.46 bits per heavy atom. The zero-order valence-electron chi connectivity index (χ0n) is 8.13. The SMILES string of the molecule is COc1cc(CSC)cc(C)c1O. The molecule has 0 spiro atoms. The summed E-state index contributed by atoms with van der Waals surface area (Å²) >= 11 is 1.75. The van der Waals surface area contributed by atoms with E-state index in [1.54, 1.807) is 18.9 Å². The second kappa shape index (κ2) is 4.42. The smallest absolute Gasteiger partial charge is 0.161 e. The number of benzene rings is 1. The third kappa shape index (κ3) is 2.31. The number of aryl methyl sites for hydroxylation is 1. The molecule has 0 atom stereocenters. The van der Waals surface area contributed by atoms with Gasteiger partial charge in [0.1, 0.15) is 0 Å². The molecule has 1 N–H and O–H groups in total. The van der Waals surface area contributed by atoms with Gasteiger partial charge in [0.15, 0.2) is 11.5 Å². The standard InChI is InChI=1S/C10H14O2S/c1-7-4-8(6-13-3)5-9(12-2)10(7)11/h4-5,11H,6H2,1-3H3. The molecule has 0 aliphatic rings. The lowest BCUT2D eigenvalue weighted by molar-refractivity contribution is 0.371. The monoisotopic (exact) mass is 198 g/mol. The molecule has 1 aromatic carbocycles. The van der Waals surface area contributed by atoms with Gasteiger partial charge in [-0.15, -0.1) is 0 Å². The van der Waals surface area contributed by atoms with Gasteiger partial charge in [0.25, 0.3) is 0 Å². The van der Waals surface area contributed by atoms with E-state index in [-0.39, 0.29) is 5.75 Å². The van der Waals surface area contributed by atoms with Crippen molar-refractivity contribution >= 4 is 11.8 Å². The molecule has 13 heavy (non-hydrogen) atoms. The fraction of sp³-hybridized carbons (Fsp3) is 0.400. The summed E-state index contributed by atoms with van der Waals surface area (Å²) in [7, 11) is 1.57. The first-order chi connectivity index (χ1) is 6.19. The highest BCUT2D eigenvalue weighted by molar-refractivity contribution is 7.97. The molecule has 1 rings (SSSR count). The molecule has 1 aromatic rings. The molecule has 0 saturated carbocycles. The first kappa shape index (κ1) is 10.3. The molecule has 72 valence electrons. The Bertz CT molecular complexity index is 297. The number of aromatic hydroxyl groups is 1. The summed E-state index contributed by atoms with van der Waals surface area (Å²) in [5.74, 6) is 1.74. The second-order valence-electron chi connectivity index (χ2n) is 2.90. The molecule has 0 fully saturated rings. The third-order valence-corrected chi connectivity index (χ3v) is 2.48. The lowest BCUT2D eigenvalue weighted by Crippen LogP contribution is -1.89. The van der Waals surface area contributed by atoms with Crippen LogP contribution in [0, 0.1) is 6.92 Å². The number of ether oxygens (including phenoxy) is 1. The maximum Gasteiger partial charge on any atom is 0.161 e. The van der Waals surface area contributed by atoms with Gasteiger partial charge in [-0.3, -0.25) is 0 Å². The van der Waals surface area contributed by atoms with Crippen LogP contribution < -0.4 is 4.74 Å². The summed E-state index contributed by atoms with van der Waals surface area (Å²) in [5.41, 5.74) is 2.04. The fourth-order valence-electron chi connectivity index (χ4n) is 1.22. The van der Waals surface area contributed by atoms with E-state index < -0.39 is 0 Å². The summed E-state index contributed by atoms with van der Waals surface area (Å²) in [5, 5.41) is 9.56. The summed E-state index contributed by atoms with van der Waals surface area (Å²) in [6, 6.07) is 3.85. The maximum atomic E-state index is 9.56. The third-order valence-electron chi connectivity index (χ3n) is 1.86. The van der Waals surface area contributed by atoms with E-state index in [1.807, 2.05) is 19.1 Å². The van der Waals surface area contributed by atoms with Crippen LogP contribution in [0.2, 0.25) is 0 Å². The van der Waals surface area contributed by atoms with Crippen molar-refractivity contribution in [3.05, 3.63) is 23.3 Å². The molecule has 0 bridgehead atoms. The number of methoxy groups -OCH3 is 1. The number of hydrogen-bond donors (Lipinski definition) is 1. The van der Waals surface area contributed by atoms with Crippen LogP contribution in [0.25, 0.3) is 0 Å². The fourth-order valence-corrected chi connectivity index (χ4v) is 1.72. The van der Waals surface area contributed by atoms with Crippen LogP contribution in [0.15, 0.2) is 12.1 Å². The second-order valence-corrected chi connectivity index (χ2v) is 3.76. The van der Waals surface area contributed by atoms with E-state index in [2.05, 4.69) is 6.26 Å². The lowest BCUT2D eigenvalue weighted by Gasteiger charge is -2.08. The largest absolute Gasteiger partial charge is 0.504 e. The van der Waals surface area contributed by atoms with Crippen molar-refractivity contribution < 1.29 is 9.84 Å². The molecule has 0 aliphatic heterocycles. The van der Waals surface area contributed by atoms with Crippen molar-refractivity contribution in [2.45, 2.75) is 12.7 Å². The Kier molecular flexibility index (Phi) is 3.48. The van der Waals surface area contributed by atoms with Crippen molar-refractivity contribution in [1.82, 2.24) is 0 Å². The predicted molar refractivity (Wildman–Crippen MR) is 56.6 cm³/mol. The first-order valence-corrected chi connectivity index (χ1v) is 5.44. The van der Waals surface area contributed by atoms with Gasteiger partial charge in [0.05, 0.1) is 7.11 Å². The molecule has 0 saturated heterocycles. The van der Waals surface area contributed by atoms with Crippen molar-refractivity contribution in [3.8, 4) is 11.5 Å². The summed E-state index contributed by atoms with van der Waals surface area (Å²) in [4.78, 5) is 0. The summed E-state index contributed by atoms with van der Waals surface area (Å²) in [6.07, 6.45) is 2.05. The normalized spacial score (nSPS) is 10.1. The van der Waals surface area contributed by atoms with Gasteiger partial charge in [0, 0.05) is 5.75 Å². The van der Waals surface area contributed by atoms with Crippen molar-refractivity contribution in [2.24, 2.45) is 0 Å². The molecule has 3 heteroatoms. The molecule has 0 aromatic heterocycles. The maximum absolute atomic E-state index is 9.56. The number of hydrogen-bond acceptors (Lipinski definition) is 3. The van der Waals surface area contributed by atoms with Gasteiger partial charge in [-0.25, -0.2) is 0 Å². The number of thioether (sulfide) groups is 1. The molecule has 0 aliphatic carbocycles. The highest BCUT2D eigenvalue weighted by atomic mass is 32.2. The molecule has 0 unspecified atom stereocenters. The van der Waals surface area contributed by atoms with E-state index in [1.165, 1.54) is 5.56 Å². The van der Waals surface area contributed by atoms with Crippen LogP contribution >= 0.6 is 11.8 Å². The van der Waals surface area contributed by atoms with Gasteiger partial charge in [-0.1, -0.05) is 6.07 Å².